The zero-order valence-electron chi connectivity index (χ0n) is 10.5. The lowest BCUT2D eigenvalue weighted by Gasteiger charge is -2.06. The average Bonchev–Trinajstić information content (AvgIpc) is 2.31. The number of halogens is 2. The first kappa shape index (κ1) is 17.4. The van der Waals surface area contributed by atoms with E-state index in [9.17, 15) is 4.79 Å². The van der Waals surface area contributed by atoms with Gasteiger partial charge < -0.3 is 11.1 Å². The minimum absolute atomic E-state index is 0. The van der Waals surface area contributed by atoms with Gasteiger partial charge in [0.2, 0.25) is 5.91 Å². The van der Waals surface area contributed by atoms with E-state index in [0.29, 0.717) is 19.5 Å². The predicted octanol–water partition coefficient (Wildman–Crippen LogP) is 2.58. The van der Waals surface area contributed by atoms with Gasteiger partial charge in [0.05, 0.1) is 0 Å². The van der Waals surface area contributed by atoms with Crippen LogP contribution in [0.2, 0.25) is 0 Å². The fraction of sp³-hybridized carbons (Fsp3) is 0.462. The van der Waals surface area contributed by atoms with Crippen molar-refractivity contribution in [2.75, 3.05) is 13.1 Å². The molecule has 5 heteroatoms. The second kappa shape index (κ2) is 9.36. The third kappa shape index (κ3) is 6.38. The monoisotopic (exact) mass is 334 g/mol. The van der Waals surface area contributed by atoms with E-state index >= 15 is 0 Å². The Labute approximate surface area is 123 Å². The molecule has 0 aromatic heterocycles. The molecule has 0 aliphatic heterocycles. The summed E-state index contributed by atoms with van der Waals surface area (Å²) < 4.78 is 1.11. The molecule has 0 spiro atoms. The van der Waals surface area contributed by atoms with Gasteiger partial charge in [-0.3, -0.25) is 4.79 Å². The largest absolute Gasteiger partial charge is 0.356 e. The number of nitrogens with two attached hydrogens (primary N) is 1. The van der Waals surface area contributed by atoms with Crippen LogP contribution < -0.4 is 11.1 Å². The number of benzene rings is 1. The summed E-state index contributed by atoms with van der Waals surface area (Å²) >= 11 is 3.46. The Morgan fingerprint density at radius 3 is 2.78 bits per heavy atom. The second-order valence-corrected chi connectivity index (χ2v) is 4.93. The van der Waals surface area contributed by atoms with Gasteiger partial charge in [0.25, 0.3) is 0 Å². The van der Waals surface area contributed by atoms with Gasteiger partial charge in [-0.05, 0) is 43.5 Å². The first-order valence-electron chi connectivity index (χ1n) is 5.85. The van der Waals surface area contributed by atoms with Crippen LogP contribution >= 0.6 is 28.3 Å². The van der Waals surface area contributed by atoms with Crippen molar-refractivity contribution >= 4 is 34.2 Å². The third-order valence-electron chi connectivity index (χ3n) is 2.57. The lowest BCUT2D eigenvalue weighted by Crippen LogP contribution is -2.26. The molecule has 0 aliphatic rings. The van der Waals surface area contributed by atoms with Crippen LogP contribution in [0.5, 0.6) is 0 Å². The molecule has 1 amide bonds. The zero-order chi connectivity index (χ0) is 12.7. The molecule has 0 saturated heterocycles. The van der Waals surface area contributed by atoms with Crippen molar-refractivity contribution in [1.29, 1.82) is 0 Å². The van der Waals surface area contributed by atoms with Crippen LogP contribution in [0.1, 0.15) is 24.0 Å². The van der Waals surface area contributed by atoms with Crippen LogP contribution in [0, 0.1) is 6.92 Å². The Morgan fingerprint density at radius 2 is 2.17 bits per heavy atom. The van der Waals surface area contributed by atoms with Gasteiger partial charge in [-0.15, -0.1) is 12.4 Å². The summed E-state index contributed by atoms with van der Waals surface area (Å²) in [4.78, 5) is 11.5. The SMILES string of the molecule is Cc1cc(CCC(=O)NCCCN)ccc1Br.Cl. The molecule has 0 aliphatic carbocycles. The molecule has 1 aromatic carbocycles. The van der Waals surface area contributed by atoms with Gasteiger partial charge in [-0.1, -0.05) is 28.1 Å². The highest BCUT2D eigenvalue weighted by molar-refractivity contribution is 9.10. The van der Waals surface area contributed by atoms with Crippen LogP contribution in [0.25, 0.3) is 0 Å². The second-order valence-electron chi connectivity index (χ2n) is 4.08. The van der Waals surface area contributed by atoms with Gasteiger partial charge in [-0.25, -0.2) is 0 Å². The highest BCUT2D eigenvalue weighted by Gasteiger charge is 2.02. The van der Waals surface area contributed by atoms with E-state index in [1.807, 2.05) is 12.1 Å². The molecular weight excluding hydrogens is 316 g/mol. The molecule has 3 nitrogen and oxygen atoms in total. The highest BCUT2D eigenvalue weighted by Crippen LogP contribution is 2.17. The van der Waals surface area contributed by atoms with Crippen molar-refractivity contribution < 1.29 is 4.79 Å². The lowest BCUT2D eigenvalue weighted by atomic mass is 10.1. The van der Waals surface area contributed by atoms with Gasteiger partial charge in [-0.2, -0.15) is 0 Å². The standard InChI is InChI=1S/C13H19BrN2O.ClH/c1-10-9-11(3-5-12(10)14)4-6-13(17)16-8-2-7-15;/h3,5,9H,2,4,6-8,15H2,1H3,(H,16,17);1H. The van der Waals surface area contributed by atoms with Crippen molar-refractivity contribution in [2.45, 2.75) is 26.2 Å². The molecular formula is C13H20BrClN2O. The third-order valence-corrected chi connectivity index (χ3v) is 3.46. The maximum Gasteiger partial charge on any atom is 0.220 e. The number of hydrogen-bond donors (Lipinski definition) is 2. The quantitative estimate of drug-likeness (QED) is 0.785. The van der Waals surface area contributed by atoms with Crippen molar-refractivity contribution in [3.63, 3.8) is 0 Å². The number of aryl methyl sites for hydroxylation is 2. The molecule has 1 rings (SSSR count). The Hall–Kier alpha value is -0.580. The number of carbonyl (C=O) groups is 1. The van der Waals surface area contributed by atoms with Crippen LogP contribution in [-0.2, 0) is 11.2 Å². The molecule has 0 saturated carbocycles. The van der Waals surface area contributed by atoms with E-state index in [1.54, 1.807) is 0 Å². The average molecular weight is 336 g/mol. The van der Waals surface area contributed by atoms with Crippen molar-refractivity contribution in [1.82, 2.24) is 5.32 Å². The summed E-state index contributed by atoms with van der Waals surface area (Å²) in [5.74, 6) is 0.0963. The minimum atomic E-state index is 0. The summed E-state index contributed by atoms with van der Waals surface area (Å²) in [5.41, 5.74) is 7.75. The summed E-state index contributed by atoms with van der Waals surface area (Å²) in [7, 11) is 0. The molecule has 0 radical (unpaired) electrons. The van der Waals surface area contributed by atoms with Gasteiger partial charge in [0.1, 0.15) is 0 Å². The fourth-order valence-electron chi connectivity index (χ4n) is 1.54. The topological polar surface area (TPSA) is 55.1 Å². The van der Waals surface area contributed by atoms with Crippen LogP contribution in [-0.4, -0.2) is 19.0 Å². The number of nitrogens with one attached hydrogen (secondary N) is 1. The Kier molecular flexibility index (Phi) is 9.06. The number of amides is 1. The first-order valence-corrected chi connectivity index (χ1v) is 6.64. The smallest absolute Gasteiger partial charge is 0.220 e. The Balaban J connectivity index is 0.00000289. The van der Waals surface area contributed by atoms with E-state index in [1.165, 1.54) is 11.1 Å². The van der Waals surface area contributed by atoms with E-state index in [4.69, 9.17) is 5.73 Å². The number of rotatable bonds is 6. The van der Waals surface area contributed by atoms with Gasteiger partial charge >= 0.3 is 0 Å². The van der Waals surface area contributed by atoms with Crippen LogP contribution in [0.15, 0.2) is 22.7 Å². The van der Waals surface area contributed by atoms with Crippen molar-refractivity contribution in [2.24, 2.45) is 5.73 Å². The van der Waals surface area contributed by atoms with E-state index < -0.39 is 0 Å². The summed E-state index contributed by atoms with van der Waals surface area (Å²) in [6.45, 7) is 3.34. The fourth-order valence-corrected chi connectivity index (χ4v) is 1.79. The minimum Gasteiger partial charge on any atom is -0.356 e. The lowest BCUT2D eigenvalue weighted by molar-refractivity contribution is -0.121. The molecule has 0 atom stereocenters. The molecule has 0 fully saturated rings. The van der Waals surface area contributed by atoms with Crippen LogP contribution in [0.3, 0.4) is 0 Å². The highest BCUT2D eigenvalue weighted by atomic mass is 79.9. The summed E-state index contributed by atoms with van der Waals surface area (Å²) in [5, 5.41) is 2.85. The van der Waals surface area contributed by atoms with E-state index in [-0.39, 0.29) is 18.3 Å². The number of carbonyl (C=O) groups excluding carboxylic acids is 1. The van der Waals surface area contributed by atoms with Gasteiger partial charge in [0.15, 0.2) is 0 Å². The molecule has 0 bridgehead atoms. The van der Waals surface area contributed by atoms with Crippen molar-refractivity contribution in [3.8, 4) is 0 Å². The normalized spacial score (nSPS) is 9.72. The molecule has 1 aromatic rings. The maximum atomic E-state index is 11.5. The van der Waals surface area contributed by atoms with Crippen LogP contribution in [0.4, 0.5) is 0 Å². The predicted molar refractivity (Wildman–Crippen MR) is 81.1 cm³/mol. The summed E-state index contributed by atoms with van der Waals surface area (Å²) in [6.07, 6.45) is 2.15. The Bertz CT molecular complexity index is 385. The van der Waals surface area contributed by atoms with E-state index in [2.05, 4.69) is 34.2 Å². The summed E-state index contributed by atoms with van der Waals surface area (Å²) in [6, 6.07) is 6.18. The molecule has 0 heterocycles. The number of hydrogen-bond acceptors (Lipinski definition) is 2. The molecule has 0 unspecified atom stereocenters. The maximum absolute atomic E-state index is 11.5. The first-order chi connectivity index (χ1) is 8.13. The Morgan fingerprint density at radius 1 is 1.44 bits per heavy atom. The van der Waals surface area contributed by atoms with Gasteiger partial charge in [0, 0.05) is 17.4 Å². The molecule has 3 N–H and O–H groups in total. The molecule has 102 valence electrons. The van der Waals surface area contributed by atoms with Crippen molar-refractivity contribution in [3.05, 3.63) is 33.8 Å². The van der Waals surface area contributed by atoms with E-state index in [0.717, 1.165) is 17.3 Å². The molecule has 18 heavy (non-hydrogen) atoms. The zero-order valence-corrected chi connectivity index (χ0v) is 12.9.